The van der Waals surface area contributed by atoms with Gasteiger partial charge in [0.15, 0.2) is 0 Å². The van der Waals surface area contributed by atoms with E-state index >= 15 is 0 Å². The number of anilines is 1. The molecule has 0 aliphatic carbocycles. The predicted molar refractivity (Wildman–Crippen MR) is 107 cm³/mol. The van der Waals surface area contributed by atoms with E-state index in [1.54, 1.807) is 48.0 Å². The number of nitrogens with zero attached hydrogens (tertiary/aromatic N) is 1. The quantitative estimate of drug-likeness (QED) is 0.561. The van der Waals surface area contributed by atoms with Gasteiger partial charge in [0.25, 0.3) is 0 Å². The summed E-state index contributed by atoms with van der Waals surface area (Å²) in [5.41, 5.74) is 4.30. The number of halogens is 1. The van der Waals surface area contributed by atoms with E-state index in [9.17, 15) is 18.3 Å². The van der Waals surface area contributed by atoms with Crippen LogP contribution in [0.2, 0.25) is 5.02 Å². The molecule has 0 atom stereocenters. The predicted octanol–water partition coefficient (Wildman–Crippen LogP) is 3.96. The third-order valence-corrected chi connectivity index (χ3v) is 5.04. The van der Waals surface area contributed by atoms with Crippen molar-refractivity contribution >= 4 is 34.1 Å². The lowest BCUT2D eigenvalue weighted by Crippen LogP contribution is -2.06. The first kappa shape index (κ1) is 19.0. The second-order valence-electron chi connectivity index (χ2n) is 6.01. The van der Waals surface area contributed by atoms with E-state index in [0.29, 0.717) is 21.8 Å². The van der Waals surface area contributed by atoms with Gasteiger partial charge >= 0.3 is 5.97 Å². The number of hydrogen-bond acceptors (Lipinski definition) is 3. The van der Waals surface area contributed by atoms with E-state index in [4.69, 9.17) is 11.6 Å². The molecule has 0 amide bonds. The Labute approximate surface area is 163 Å². The first-order valence-electron chi connectivity index (χ1n) is 7.99. The van der Waals surface area contributed by atoms with Crippen LogP contribution in [0.4, 0.5) is 5.69 Å². The SMILES string of the molecule is Cc1c(-c2ccc(N[SH](=O)=O)cc2)c(C(=O)O)n(C)c1-c1ccc(Cl)cc1. The van der Waals surface area contributed by atoms with E-state index in [1.807, 2.05) is 19.1 Å². The number of carboxylic acids is 1. The fraction of sp³-hybridized carbons (Fsp3) is 0.105. The Morgan fingerprint density at radius 3 is 2.11 bits per heavy atom. The van der Waals surface area contributed by atoms with Gasteiger partial charge in [-0.05, 0) is 47.9 Å². The number of aromatic carboxylic acids is 1. The first-order valence-corrected chi connectivity index (χ1v) is 9.55. The Bertz CT molecular complexity index is 1080. The summed E-state index contributed by atoms with van der Waals surface area (Å²) < 4.78 is 25.5. The molecule has 2 aromatic carbocycles. The molecule has 2 N–H and O–H groups in total. The zero-order valence-corrected chi connectivity index (χ0v) is 16.2. The van der Waals surface area contributed by atoms with Crippen LogP contribution >= 0.6 is 11.6 Å². The minimum atomic E-state index is -2.76. The van der Waals surface area contributed by atoms with Crippen molar-refractivity contribution in [2.24, 2.45) is 7.05 Å². The fourth-order valence-electron chi connectivity index (χ4n) is 3.27. The Morgan fingerprint density at radius 1 is 1.04 bits per heavy atom. The Hall–Kier alpha value is -2.77. The lowest BCUT2D eigenvalue weighted by Gasteiger charge is -2.06. The van der Waals surface area contributed by atoms with Crippen molar-refractivity contribution in [2.75, 3.05) is 4.72 Å². The number of aromatic nitrogens is 1. The minimum Gasteiger partial charge on any atom is -0.477 e. The molecule has 1 aromatic heterocycles. The van der Waals surface area contributed by atoms with Crippen LogP contribution < -0.4 is 4.72 Å². The minimum absolute atomic E-state index is 0.160. The zero-order chi connectivity index (χ0) is 19.7. The molecule has 0 saturated heterocycles. The van der Waals surface area contributed by atoms with Crippen molar-refractivity contribution in [2.45, 2.75) is 6.92 Å². The van der Waals surface area contributed by atoms with Crippen molar-refractivity contribution in [3.05, 3.63) is 64.8 Å². The van der Waals surface area contributed by atoms with E-state index in [1.165, 1.54) is 0 Å². The highest BCUT2D eigenvalue weighted by atomic mass is 35.5. The summed E-state index contributed by atoms with van der Waals surface area (Å²) in [6.45, 7) is 1.87. The van der Waals surface area contributed by atoms with E-state index in [-0.39, 0.29) is 5.69 Å². The van der Waals surface area contributed by atoms with Crippen LogP contribution in [0.25, 0.3) is 22.4 Å². The highest BCUT2D eigenvalue weighted by molar-refractivity contribution is 7.73. The van der Waals surface area contributed by atoms with Gasteiger partial charge in [-0.1, -0.05) is 35.9 Å². The van der Waals surface area contributed by atoms with Gasteiger partial charge in [-0.25, -0.2) is 13.2 Å². The largest absolute Gasteiger partial charge is 0.477 e. The van der Waals surface area contributed by atoms with Gasteiger partial charge in [-0.15, -0.1) is 0 Å². The molecule has 0 spiro atoms. The van der Waals surface area contributed by atoms with Gasteiger partial charge in [-0.3, -0.25) is 4.72 Å². The molecular formula is C19H17ClN2O4S. The molecule has 8 heteroatoms. The maximum Gasteiger partial charge on any atom is 0.353 e. The number of hydrogen-bond donors (Lipinski definition) is 3. The van der Waals surface area contributed by atoms with Crippen LogP contribution in [0.3, 0.4) is 0 Å². The molecule has 3 aromatic rings. The lowest BCUT2D eigenvalue weighted by atomic mass is 9.99. The molecule has 1 heterocycles. The zero-order valence-electron chi connectivity index (χ0n) is 14.6. The van der Waals surface area contributed by atoms with Crippen LogP contribution in [0, 0.1) is 6.92 Å². The van der Waals surface area contributed by atoms with E-state index in [0.717, 1.165) is 16.8 Å². The van der Waals surface area contributed by atoms with Crippen molar-refractivity contribution in [1.82, 2.24) is 4.57 Å². The van der Waals surface area contributed by atoms with Crippen molar-refractivity contribution in [1.29, 1.82) is 0 Å². The number of nitrogens with one attached hydrogen (secondary N) is 1. The molecule has 6 nitrogen and oxygen atoms in total. The standard InChI is InChI=1S/C19H17ClN2O4S/c1-11-16(12-5-9-15(10-6-12)21-27(25)26)18(19(23)24)22(2)17(11)13-3-7-14(20)8-4-13/h3-10,27H,1-2H3,(H,23,24)(H,21,25,26). The first-order chi connectivity index (χ1) is 12.8. The van der Waals surface area contributed by atoms with Crippen LogP contribution in [-0.2, 0) is 17.9 Å². The Kier molecular flexibility index (Phi) is 5.25. The smallest absolute Gasteiger partial charge is 0.353 e. The summed E-state index contributed by atoms with van der Waals surface area (Å²) in [5, 5.41) is 10.4. The van der Waals surface area contributed by atoms with Crippen LogP contribution in [-0.4, -0.2) is 24.1 Å². The molecule has 27 heavy (non-hydrogen) atoms. The molecule has 3 rings (SSSR count). The average Bonchev–Trinajstić information content (AvgIpc) is 2.87. The summed E-state index contributed by atoms with van der Waals surface area (Å²) in [4.78, 5) is 11.9. The monoisotopic (exact) mass is 404 g/mol. The molecule has 140 valence electrons. The highest BCUT2D eigenvalue weighted by Gasteiger charge is 2.24. The maximum atomic E-state index is 11.9. The number of thiol groups is 1. The molecule has 0 aliphatic heterocycles. The van der Waals surface area contributed by atoms with Gasteiger partial charge in [-0.2, -0.15) is 0 Å². The molecule has 0 fully saturated rings. The third kappa shape index (κ3) is 3.70. The Morgan fingerprint density at radius 2 is 1.59 bits per heavy atom. The molecule has 0 unspecified atom stereocenters. The summed E-state index contributed by atoms with van der Waals surface area (Å²) >= 11 is 5.96. The number of carbonyl (C=O) groups is 1. The summed E-state index contributed by atoms with van der Waals surface area (Å²) in [5.74, 6) is -1.04. The molecule has 0 radical (unpaired) electrons. The van der Waals surface area contributed by atoms with E-state index in [2.05, 4.69) is 4.72 Å². The van der Waals surface area contributed by atoms with Crippen LogP contribution in [0.1, 0.15) is 16.1 Å². The summed E-state index contributed by atoms with van der Waals surface area (Å²) in [6.07, 6.45) is 0. The van der Waals surface area contributed by atoms with E-state index < -0.39 is 16.9 Å². The molecular weight excluding hydrogens is 388 g/mol. The fourth-order valence-corrected chi connectivity index (χ4v) is 3.75. The van der Waals surface area contributed by atoms with Crippen LogP contribution in [0.5, 0.6) is 0 Å². The van der Waals surface area contributed by atoms with Crippen molar-refractivity contribution < 1.29 is 18.3 Å². The second-order valence-corrected chi connectivity index (χ2v) is 7.19. The van der Waals surface area contributed by atoms with Gasteiger partial charge in [0.2, 0.25) is 10.9 Å². The number of benzene rings is 2. The topological polar surface area (TPSA) is 88.4 Å². The normalized spacial score (nSPS) is 11.0. The summed E-state index contributed by atoms with van der Waals surface area (Å²) in [6, 6.07) is 13.8. The summed E-state index contributed by atoms with van der Waals surface area (Å²) in [7, 11) is -1.05. The lowest BCUT2D eigenvalue weighted by molar-refractivity contribution is 0.0687. The molecule has 0 bridgehead atoms. The highest BCUT2D eigenvalue weighted by Crippen LogP contribution is 2.37. The maximum absolute atomic E-state index is 11.9. The third-order valence-electron chi connectivity index (χ3n) is 4.35. The van der Waals surface area contributed by atoms with Gasteiger partial charge in [0.05, 0.1) is 5.69 Å². The second kappa shape index (κ2) is 7.46. The Balaban J connectivity index is 2.19. The van der Waals surface area contributed by atoms with Gasteiger partial charge < -0.3 is 9.67 Å². The number of carboxylic acid groups (broad SMARTS) is 1. The van der Waals surface area contributed by atoms with Crippen molar-refractivity contribution in [3.8, 4) is 22.4 Å². The average molecular weight is 405 g/mol. The molecule has 0 saturated carbocycles. The van der Waals surface area contributed by atoms with Gasteiger partial charge in [0.1, 0.15) is 5.69 Å². The van der Waals surface area contributed by atoms with Gasteiger partial charge in [0, 0.05) is 23.3 Å². The number of rotatable bonds is 5. The molecule has 0 aliphatic rings. The van der Waals surface area contributed by atoms with Crippen molar-refractivity contribution in [3.63, 3.8) is 0 Å². The van der Waals surface area contributed by atoms with Crippen LogP contribution in [0.15, 0.2) is 48.5 Å².